The minimum atomic E-state index is 0. The number of guanidine groups is 1. The number of hydrogen-bond acceptors (Lipinski definition) is 5. The van der Waals surface area contributed by atoms with E-state index in [1.807, 2.05) is 0 Å². The molecule has 0 amide bonds. The third-order valence-corrected chi connectivity index (χ3v) is 5.70. The van der Waals surface area contributed by atoms with Crippen molar-refractivity contribution in [3.05, 3.63) is 45.6 Å². The fourth-order valence-corrected chi connectivity index (χ4v) is 3.99. The van der Waals surface area contributed by atoms with E-state index < -0.39 is 0 Å². The summed E-state index contributed by atoms with van der Waals surface area (Å²) >= 11 is 1.74. The maximum absolute atomic E-state index is 5.46. The molecule has 0 saturated heterocycles. The molecule has 0 atom stereocenters. The van der Waals surface area contributed by atoms with Crippen molar-refractivity contribution >= 4 is 41.3 Å². The Balaban J connectivity index is 0.00000300. The highest BCUT2D eigenvalue weighted by atomic mass is 127. The van der Waals surface area contributed by atoms with Crippen LogP contribution in [0.4, 0.5) is 0 Å². The molecule has 2 N–H and O–H groups in total. The van der Waals surface area contributed by atoms with Crippen LogP contribution in [0.3, 0.4) is 0 Å². The first kappa shape index (κ1) is 23.8. The average molecular weight is 530 g/mol. The molecule has 2 aromatic rings. The fourth-order valence-electron chi connectivity index (χ4n) is 3.37. The SMILES string of the molecule is CCNC(=NCc1cccs1)NCCN1CCc2cc(OC)c(OC)cc2C1.I. The van der Waals surface area contributed by atoms with E-state index in [1.54, 1.807) is 25.6 Å². The van der Waals surface area contributed by atoms with Crippen molar-refractivity contribution in [2.24, 2.45) is 4.99 Å². The van der Waals surface area contributed by atoms with E-state index in [-0.39, 0.29) is 24.0 Å². The molecule has 160 valence electrons. The first-order valence-corrected chi connectivity index (χ1v) is 10.6. The van der Waals surface area contributed by atoms with Crippen LogP contribution in [0.15, 0.2) is 34.6 Å². The van der Waals surface area contributed by atoms with Gasteiger partial charge in [0, 0.05) is 37.6 Å². The van der Waals surface area contributed by atoms with Crippen LogP contribution >= 0.6 is 35.3 Å². The summed E-state index contributed by atoms with van der Waals surface area (Å²) in [5.74, 6) is 2.49. The lowest BCUT2D eigenvalue weighted by molar-refractivity contribution is 0.256. The van der Waals surface area contributed by atoms with Crippen LogP contribution in [-0.4, -0.2) is 51.3 Å². The molecule has 1 aliphatic heterocycles. The highest BCUT2D eigenvalue weighted by Crippen LogP contribution is 2.33. The van der Waals surface area contributed by atoms with Crippen molar-refractivity contribution in [3.8, 4) is 11.5 Å². The molecule has 0 unspecified atom stereocenters. The zero-order chi connectivity index (χ0) is 19.8. The van der Waals surface area contributed by atoms with Crippen molar-refractivity contribution in [2.45, 2.75) is 26.4 Å². The lowest BCUT2D eigenvalue weighted by Gasteiger charge is -2.29. The topological polar surface area (TPSA) is 58.1 Å². The molecule has 0 radical (unpaired) electrons. The number of rotatable bonds is 8. The zero-order valence-electron chi connectivity index (χ0n) is 17.4. The van der Waals surface area contributed by atoms with Crippen molar-refractivity contribution in [1.82, 2.24) is 15.5 Å². The Morgan fingerprint density at radius 3 is 2.59 bits per heavy atom. The van der Waals surface area contributed by atoms with Crippen LogP contribution in [0.5, 0.6) is 11.5 Å². The van der Waals surface area contributed by atoms with E-state index in [9.17, 15) is 0 Å². The summed E-state index contributed by atoms with van der Waals surface area (Å²) in [6.45, 7) is 7.47. The number of benzene rings is 1. The number of ether oxygens (including phenoxy) is 2. The third kappa shape index (κ3) is 6.75. The van der Waals surface area contributed by atoms with E-state index in [4.69, 9.17) is 9.47 Å². The monoisotopic (exact) mass is 530 g/mol. The summed E-state index contributed by atoms with van der Waals surface area (Å²) in [6.07, 6.45) is 1.03. The first-order valence-electron chi connectivity index (χ1n) is 9.74. The van der Waals surface area contributed by atoms with Gasteiger partial charge < -0.3 is 20.1 Å². The van der Waals surface area contributed by atoms with Crippen molar-refractivity contribution < 1.29 is 9.47 Å². The normalized spacial score (nSPS) is 14.0. The molecule has 0 bridgehead atoms. The van der Waals surface area contributed by atoms with Crippen LogP contribution < -0.4 is 20.1 Å². The quantitative estimate of drug-likeness (QED) is 0.311. The summed E-state index contributed by atoms with van der Waals surface area (Å²) in [5.41, 5.74) is 2.68. The second-order valence-electron chi connectivity index (χ2n) is 6.70. The van der Waals surface area contributed by atoms with Crippen LogP contribution in [0, 0.1) is 0 Å². The Bertz CT molecular complexity index is 783. The predicted molar refractivity (Wildman–Crippen MR) is 131 cm³/mol. The molecule has 1 aromatic heterocycles. The fraction of sp³-hybridized carbons (Fsp3) is 0.476. The van der Waals surface area contributed by atoms with Gasteiger partial charge in [0.1, 0.15) is 0 Å². The van der Waals surface area contributed by atoms with Gasteiger partial charge in [0.05, 0.1) is 20.8 Å². The standard InChI is InChI=1S/C21H30N4O2S.HI/c1-4-22-21(24-14-18-6-5-11-28-18)23-8-10-25-9-7-16-12-19(26-2)20(27-3)13-17(16)15-25;/h5-6,11-13H,4,7-10,14-15H2,1-3H3,(H2,22,23,24);1H. The van der Waals surface area contributed by atoms with Crippen molar-refractivity contribution in [3.63, 3.8) is 0 Å². The van der Waals surface area contributed by atoms with Gasteiger partial charge in [0.25, 0.3) is 0 Å². The predicted octanol–water partition coefficient (Wildman–Crippen LogP) is 3.50. The average Bonchev–Trinajstić information content (AvgIpc) is 3.24. The van der Waals surface area contributed by atoms with Crippen molar-refractivity contribution in [1.29, 1.82) is 0 Å². The van der Waals surface area contributed by atoms with Crippen molar-refractivity contribution in [2.75, 3.05) is 40.4 Å². The number of hydrogen-bond donors (Lipinski definition) is 2. The second kappa shape index (κ2) is 12.2. The lowest BCUT2D eigenvalue weighted by atomic mass is 9.99. The number of fused-ring (bicyclic) bond motifs is 1. The third-order valence-electron chi connectivity index (χ3n) is 4.83. The molecule has 2 heterocycles. The minimum Gasteiger partial charge on any atom is -0.493 e. The van der Waals surface area contributed by atoms with Gasteiger partial charge in [-0.05, 0) is 48.1 Å². The van der Waals surface area contributed by atoms with E-state index in [0.717, 1.165) is 56.6 Å². The number of nitrogens with zero attached hydrogens (tertiary/aromatic N) is 2. The molecule has 0 fully saturated rings. The van der Waals surface area contributed by atoms with Crippen LogP contribution in [0.1, 0.15) is 22.9 Å². The molecule has 3 rings (SSSR count). The van der Waals surface area contributed by atoms with Gasteiger partial charge in [-0.3, -0.25) is 4.90 Å². The molecule has 6 nitrogen and oxygen atoms in total. The Labute approximate surface area is 194 Å². The largest absolute Gasteiger partial charge is 0.493 e. The number of halogens is 1. The number of methoxy groups -OCH3 is 2. The molecule has 0 aliphatic carbocycles. The van der Waals surface area contributed by atoms with E-state index in [2.05, 4.69) is 57.1 Å². The number of thiophene rings is 1. The van der Waals surface area contributed by atoms with E-state index in [1.165, 1.54) is 16.0 Å². The van der Waals surface area contributed by atoms with Gasteiger partial charge in [-0.2, -0.15) is 0 Å². The highest BCUT2D eigenvalue weighted by Gasteiger charge is 2.19. The van der Waals surface area contributed by atoms with Gasteiger partial charge in [-0.1, -0.05) is 6.07 Å². The molecule has 1 aliphatic rings. The van der Waals surface area contributed by atoms with Gasteiger partial charge in [0.15, 0.2) is 17.5 Å². The molecular formula is C21H31IN4O2S. The Hall–Kier alpha value is -1.52. The number of aliphatic imine (C=N–C) groups is 1. The second-order valence-corrected chi connectivity index (χ2v) is 7.74. The van der Waals surface area contributed by atoms with Gasteiger partial charge in [0.2, 0.25) is 0 Å². The summed E-state index contributed by atoms with van der Waals surface area (Å²) in [6, 6.07) is 8.41. The summed E-state index contributed by atoms with van der Waals surface area (Å²) < 4.78 is 10.9. The van der Waals surface area contributed by atoms with Gasteiger partial charge in [-0.15, -0.1) is 35.3 Å². The van der Waals surface area contributed by atoms with Gasteiger partial charge in [-0.25, -0.2) is 4.99 Å². The summed E-state index contributed by atoms with van der Waals surface area (Å²) in [4.78, 5) is 8.41. The zero-order valence-corrected chi connectivity index (χ0v) is 20.5. The maximum atomic E-state index is 5.46. The van der Waals surface area contributed by atoms with E-state index >= 15 is 0 Å². The molecule has 8 heteroatoms. The maximum Gasteiger partial charge on any atom is 0.191 e. The highest BCUT2D eigenvalue weighted by molar-refractivity contribution is 14.0. The molecule has 0 saturated carbocycles. The Kier molecular flexibility index (Phi) is 10.0. The van der Waals surface area contributed by atoms with E-state index in [0.29, 0.717) is 6.54 Å². The molecule has 29 heavy (non-hydrogen) atoms. The minimum absolute atomic E-state index is 0. The molecule has 0 spiro atoms. The summed E-state index contributed by atoms with van der Waals surface area (Å²) in [5, 5.41) is 8.86. The molecular weight excluding hydrogens is 499 g/mol. The number of nitrogens with one attached hydrogen (secondary N) is 2. The smallest absolute Gasteiger partial charge is 0.191 e. The molecule has 1 aromatic carbocycles. The van der Waals surface area contributed by atoms with Gasteiger partial charge >= 0.3 is 0 Å². The van der Waals surface area contributed by atoms with Crippen LogP contribution in [0.2, 0.25) is 0 Å². The first-order chi connectivity index (χ1) is 13.7. The summed E-state index contributed by atoms with van der Waals surface area (Å²) in [7, 11) is 3.37. The Morgan fingerprint density at radius 2 is 1.93 bits per heavy atom. The van der Waals surface area contributed by atoms with Crippen LogP contribution in [-0.2, 0) is 19.5 Å². The Morgan fingerprint density at radius 1 is 1.17 bits per heavy atom. The lowest BCUT2D eigenvalue weighted by Crippen LogP contribution is -2.42. The van der Waals surface area contributed by atoms with Crippen LogP contribution in [0.25, 0.3) is 0 Å².